The molecule has 0 unspecified atom stereocenters. The molecule has 1 aliphatic carbocycles. The third-order valence-corrected chi connectivity index (χ3v) is 7.46. The monoisotopic (exact) mass is 469 g/mol. The first-order valence-corrected chi connectivity index (χ1v) is 13.1. The van der Waals surface area contributed by atoms with Gasteiger partial charge in [0.2, 0.25) is 0 Å². The second-order valence-electron chi connectivity index (χ2n) is 10.7. The quantitative estimate of drug-likeness (QED) is 0.264. The van der Waals surface area contributed by atoms with Gasteiger partial charge >= 0.3 is 0 Å². The molecule has 0 spiro atoms. The molecule has 0 bridgehead atoms. The van der Waals surface area contributed by atoms with Gasteiger partial charge in [0.1, 0.15) is 12.4 Å². The number of benzene rings is 3. The number of hydrogen-bond donors (Lipinski definition) is 1. The van der Waals surface area contributed by atoms with Crippen molar-refractivity contribution >= 4 is 11.5 Å². The number of ketones is 1. The van der Waals surface area contributed by atoms with E-state index in [9.17, 15) is 4.79 Å². The molecule has 0 amide bonds. The highest BCUT2D eigenvalue weighted by atomic mass is 16.5. The highest BCUT2D eigenvalue weighted by molar-refractivity contribution is 5.99. The number of carbonyl (C=O) groups is 1. The molecule has 0 saturated heterocycles. The van der Waals surface area contributed by atoms with Crippen LogP contribution in [0.15, 0.2) is 54.6 Å². The third-order valence-electron chi connectivity index (χ3n) is 7.46. The summed E-state index contributed by atoms with van der Waals surface area (Å²) in [5.41, 5.74) is 15.5. The van der Waals surface area contributed by atoms with Crippen molar-refractivity contribution in [1.82, 2.24) is 0 Å². The summed E-state index contributed by atoms with van der Waals surface area (Å²) in [6.45, 7) is 9.46. The van der Waals surface area contributed by atoms with Gasteiger partial charge in [0.15, 0.2) is 5.78 Å². The summed E-state index contributed by atoms with van der Waals surface area (Å²) in [7, 11) is 0. The molecule has 3 heteroatoms. The fourth-order valence-corrected chi connectivity index (χ4v) is 5.26. The molecule has 3 aromatic carbocycles. The Morgan fingerprint density at radius 3 is 2.43 bits per heavy atom. The summed E-state index contributed by atoms with van der Waals surface area (Å²) in [5, 5.41) is 0. The predicted molar refractivity (Wildman–Crippen MR) is 145 cm³/mol. The number of fused-ring (bicyclic) bond motifs is 1. The fraction of sp³-hybridized carbons (Fsp3) is 0.406. The van der Waals surface area contributed by atoms with Gasteiger partial charge in [-0.25, -0.2) is 0 Å². The van der Waals surface area contributed by atoms with Crippen LogP contribution in [-0.4, -0.2) is 5.78 Å². The van der Waals surface area contributed by atoms with Crippen LogP contribution >= 0.6 is 0 Å². The zero-order chi connectivity index (χ0) is 25.0. The van der Waals surface area contributed by atoms with Crippen LogP contribution in [0.4, 0.5) is 5.69 Å². The van der Waals surface area contributed by atoms with Crippen molar-refractivity contribution in [2.45, 2.75) is 79.2 Å². The van der Waals surface area contributed by atoms with Crippen LogP contribution in [0.5, 0.6) is 5.75 Å². The van der Waals surface area contributed by atoms with Gasteiger partial charge in [-0.05, 0) is 102 Å². The number of ether oxygens (including phenoxy) is 1. The second kappa shape index (κ2) is 10.7. The Labute approximate surface area is 210 Å². The predicted octanol–water partition coefficient (Wildman–Crippen LogP) is 7.30. The van der Waals surface area contributed by atoms with E-state index in [-0.39, 0.29) is 5.78 Å². The Kier molecular flexibility index (Phi) is 7.64. The lowest BCUT2D eigenvalue weighted by Gasteiger charge is -2.33. The molecule has 0 saturated carbocycles. The number of nitrogens with two attached hydrogens (primary N) is 1. The van der Waals surface area contributed by atoms with Gasteiger partial charge < -0.3 is 10.5 Å². The van der Waals surface area contributed by atoms with Gasteiger partial charge in [-0.3, -0.25) is 4.79 Å². The van der Waals surface area contributed by atoms with Crippen LogP contribution < -0.4 is 10.5 Å². The third kappa shape index (κ3) is 5.96. The summed E-state index contributed by atoms with van der Waals surface area (Å²) in [4.78, 5) is 13.5. The molecule has 3 nitrogen and oxygen atoms in total. The van der Waals surface area contributed by atoms with Gasteiger partial charge in [0, 0.05) is 12.1 Å². The number of rotatable bonds is 9. The Morgan fingerprint density at radius 1 is 0.971 bits per heavy atom. The van der Waals surface area contributed by atoms with Crippen molar-refractivity contribution in [1.29, 1.82) is 0 Å². The minimum Gasteiger partial charge on any atom is -0.488 e. The molecule has 184 valence electrons. The first kappa shape index (κ1) is 25.0. The van der Waals surface area contributed by atoms with Crippen molar-refractivity contribution in [3.05, 3.63) is 93.5 Å². The van der Waals surface area contributed by atoms with Crippen LogP contribution in [0.25, 0.3) is 0 Å². The van der Waals surface area contributed by atoms with Crippen LogP contribution in [0, 0.1) is 5.41 Å². The van der Waals surface area contributed by atoms with E-state index >= 15 is 0 Å². The maximum atomic E-state index is 13.5. The maximum Gasteiger partial charge on any atom is 0.166 e. The van der Waals surface area contributed by atoms with E-state index in [1.54, 1.807) is 0 Å². The van der Waals surface area contributed by atoms with Gasteiger partial charge in [0.05, 0.1) is 5.56 Å². The van der Waals surface area contributed by atoms with Gasteiger partial charge in [-0.2, -0.15) is 0 Å². The smallest absolute Gasteiger partial charge is 0.166 e. The maximum absolute atomic E-state index is 13.5. The molecule has 2 N–H and O–H groups in total. The van der Waals surface area contributed by atoms with E-state index in [0.29, 0.717) is 29.8 Å². The SMILES string of the molecule is CCc1ccc(C(=O)CCc2c(CC)ccc3c2CCC(C)(C)C3)c(OCc2ccc(N)cc2)c1. The Hall–Kier alpha value is -3.07. The van der Waals surface area contributed by atoms with Crippen molar-refractivity contribution in [2.24, 2.45) is 5.41 Å². The molecule has 0 aliphatic heterocycles. The van der Waals surface area contributed by atoms with Crippen molar-refractivity contribution in [3.63, 3.8) is 0 Å². The zero-order valence-corrected chi connectivity index (χ0v) is 21.7. The summed E-state index contributed by atoms with van der Waals surface area (Å²) in [5.74, 6) is 0.828. The minimum absolute atomic E-state index is 0.149. The van der Waals surface area contributed by atoms with E-state index in [1.807, 2.05) is 42.5 Å². The summed E-state index contributed by atoms with van der Waals surface area (Å²) < 4.78 is 6.18. The number of hydrogen-bond acceptors (Lipinski definition) is 3. The molecular weight excluding hydrogens is 430 g/mol. The molecule has 35 heavy (non-hydrogen) atoms. The molecule has 0 fully saturated rings. The molecule has 4 rings (SSSR count). The number of anilines is 1. The molecule has 0 heterocycles. The highest BCUT2D eigenvalue weighted by Crippen LogP contribution is 2.37. The highest BCUT2D eigenvalue weighted by Gasteiger charge is 2.27. The Balaban J connectivity index is 1.54. The van der Waals surface area contributed by atoms with Crippen LogP contribution in [-0.2, 0) is 38.7 Å². The fourth-order valence-electron chi connectivity index (χ4n) is 5.26. The molecule has 0 radical (unpaired) electrons. The van der Waals surface area contributed by atoms with Crippen molar-refractivity contribution < 1.29 is 9.53 Å². The van der Waals surface area contributed by atoms with Crippen molar-refractivity contribution in [3.8, 4) is 5.75 Å². The standard InChI is InChI=1S/C32H39NO2/c1-5-22-9-14-29(31(19-22)35-21-23-7-12-26(33)13-8-23)30(34)16-15-27-24(6-2)10-11-25-20-32(3,4)18-17-28(25)27/h7-14,19H,5-6,15-18,20-21,33H2,1-4H3. The summed E-state index contributed by atoms with van der Waals surface area (Å²) in [6.07, 6.45) is 6.63. The van der Waals surface area contributed by atoms with E-state index < -0.39 is 0 Å². The lowest BCUT2D eigenvalue weighted by atomic mass is 9.72. The number of nitrogen functional groups attached to an aromatic ring is 1. The van der Waals surface area contributed by atoms with Crippen LogP contribution in [0.1, 0.15) is 84.3 Å². The average Bonchev–Trinajstić information content (AvgIpc) is 2.85. The number of carbonyl (C=O) groups excluding carboxylic acids is 1. The van der Waals surface area contributed by atoms with Gasteiger partial charge in [-0.1, -0.05) is 58.0 Å². The van der Waals surface area contributed by atoms with Crippen molar-refractivity contribution in [2.75, 3.05) is 5.73 Å². The first-order valence-electron chi connectivity index (χ1n) is 13.1. The number of aryl methyl sites for hydroxylation is 2. The lowest BCUT2D eigenvalue weighted by molar-refractivity contribution is 0.0978. The Morgan fingerprint density at radius 2 is 1.71 bits per heavy atom. The Bertz CT molecular complexity index is 1190. The molecule has 0 atom stereocenters. The van der Waals surface area contributed by atoms with E-state index in [4.69, 9.17) is 10.5 Å². The van der Waals surface area contributed by atoms with Gasteiger partial charge in [0.25, 0.3) is 0 Å². The minimum atomic E-state index is 0.149. The lowest BCUT2D eigenvalue weighted by Crippen LogP contribution is -2.23. The molecule has 1 aliphatic rings. The molecule has 3 aromatic rings. The average molecular weight is 470 g/mol. The van der Waals surface area contributed by atoms with E-state index in [2.05, 4.69) is 39.8 Å². The second-order valence-corrected chi connectivity index (χ2v) is 10.7. The van der Waals surface area contributed by atoms with Crippen LogP contribution in [0.3, 0.4) is 0 Å². The first-order chi connectivity index (χ1) is 16.8. The van der Waals surface area contributed by atoms with Crippen LogP contribution in [0.2, 0.25) is 0 Å². The summed E-state index contributed by atoms with van der Waals surface area (Å²) >= 11 is 0. The normalized spacial score (nSPS) is 14.4. The molecular formula is C32H39NO2. The molecule has 0 aromatic heterocycles. The van der Waals surface area contributed by atoms with E-state index in [0.717, 1.165) is 43.4 Å². The zero-order valence-electron chi connectivity index (χ0n) is 21.7. The summed E-state index contributed by atoms with van der Waals surface area (Å²) in [6, 6.07) is 18.3. The largest absolute Gasteiger partial charge is 0.488 e. The van der Waals surface area contributed by atoms with Gasteiger partial charge in [-0.15, -0.1) is 0 Å². The number of Topliss-reactive ketones (excluding diaryl/α,β-unsaturated/α-hetero) is 1. The van der Waals surface area contributed by atoms with E-state index in [1.165, 1.54) is 34.2 Å². The topological polar surface area (TPSA) is 52.3 Å².